The van der Waals surface area contributed by atoms with E-state index >= 15 is 0 Å². The molecule has 1 amide bonds. The van der Waals surface area contributed by atoms with Crippen molar-refractivity contribution < 1.29 is 17.9 Å². The number of thiazole rings is 1. The minimum absolute atomic E-state index is 0.173. The molecular formula is C15H18N4O4S2. The van der Waals surface area contributed by atoms with Crippen molar-refractivity contribution in [2.45, 2.75) is 6.04 Å². The van der Waals surface area contributed by atoms with Gasteiger partial charge in [0.15, 0.2) is 5.13 Å². The number of carbonyl (C=O) groups is 1. The van der Waals surface area contributed by atoms with E-state index in [0.717, 1.165) is 11.8 Å². The van der Waals surface area contributed by atoms with Crippen LogP contribution in [0.5, 0.6) is 0 Å². The molecule has 1 atom stereocenters. The summed E-state index contributed by atoms with van der Waals surface area (Å²) >= 11 is 1.33. The van der Waals surface area contributed by atoms with Crippen LogP contribution in [0.15, 0.2) is 29.6 Å². The maximum Gasteiger partial charge on any atom is 0.245 e. The van der Waals surface area contributed by atoms with Crippen molar-refractivity contribution in [1.29, 1.82) is 0 Å². The van der Waals surface area contributed by atoms with Crippen molar-refractivity contribution in [2.75, 3.05) is 36.1 Å². The average Bonchev–Trinajstić information content (AvgIpc) is 3.03. The number of hydrogen-bond donors (Lipinski definition) is 3. The number of aromatic nitrogens is 1. The Bertz CT molecular complexity index is 843. The maximum atomic E-state index is 12.1. The molecule has 2 aromatic rings. The summed E-state index contributed by atoms with van der Waals surface area (Å²) in [5.74, 6) is -0.173. The zero-order valence-electron chi connectivity index (χ0n) is 13.5. The van der Waals surface area contributed by atoms with Crippen molar-refractivity contribution >= 4 is 38.1 Å². The highest BCUT2D eigenvalue weighted by atomic mass is 32.2. The van der Waals surface area contributed by atoms with Crippen LogP contribution in [0.1, 0.15) is 0 Å². The number of nitrogens with zero attached hydrogens (tertiary/aromatic N) is 1. The molecule has 0 radical (unpaired) electrons. The Morgan fingerprint density at radius 3 is 2.76 bits per heavy atom. The highest BCUT2D eigenvalue weighted by Gasteiger charge is 2.22. The first-order valence-corrected chi connectivity index (χ1v) is 10.3. The normalized spacial score (nSPS) is 17.9. The molecule has 10 heteroatoms. The van der Waals surface area contributed by atoms with Gasteiger partial charge in [-0.2, -0.15) is 0 Å². The summed E-state index contributed by atoms with van der Waals surface area (Å²) in [5.41, 5.74) is 2.02. The molecule has 1 aliphatic rings. The molecule has 0 saturated carbocycles. The van der Waals surface area contributed by atoms with Gasteiger partial charge in [0.2, 0.25) is 15.9 Å². The number of morpholine rings is 1. The summed E-state index contributed by atoms with van der Waals surface area (Å²) in [6.45, 7) is 1.60. The fourth-order valence-corrected chi connectivity index (χ4v) is 3.60. The van der Waals surface area contributed by atoms with Gasteiger partial charge < -0.3 is 15.4 Å². The van der Waals surface area contributed by atoms with Crippen molar-refractivity contribution in [3.05, 3.63) is 29.6 Å². The van der Waals surface area contributed by atoms with Crippen molar-refractivity contribution in [2.24, 2.45) is 0 Å². The Labute approximate surface area is 149 Å². The summed E-state index contributed by atoms with van der Waals surface area (Å²) in [6.07, 6.45) is 1.10. The third kappa shape index (κ3) is 4.98. The van der Waals surface area contributed by atoms with E-state index in [-0.39, 0.29) is 11.9 Å². The molecule has 1 aliphatic heterocycles. The predicted molar refractivity (Wildman–Crippen MR) is 97.3 cm³/mol. The van der Waals surface area contributed by atoms with E-state index in [4.69, 9.17) is 4.74 Å². The molecule has 1 aromatic carbocycles. The molecule has 3 N–H and O–H groups in total. The Morgan fingerprint density at radius 2 is 2.12 bits per heavy atom. The minimum atomic E-state index is -3.30. The zero-order chi connectivity index (χ0) is 17.9. The van der Waals surface area contributed by atoms with Crippen LogP contribution in [-0.4, -0.2) is 51.4 Å². The van der Waals surface area contributed by atoms with Gasteiger partial charge in [0.05, 0.1) is 25.2 Å². The molecular weight excluding hydrogens is 364 g/mol. The topological polar surface area (TPSA) is 109 Å². The molecule has 0 spiro atoms. The Hall–Kier alpha value is -2.01. The highest BCUT2D eigenvalue weighted by Crippen LogP contribution is 2.26. The van der Waals surface area contributed by atoms with Crippen LogP contribution in [0.2, 0.25) is 0 Å². The van der Waals surface area contributed by atoms with E-state index < -0.39 is 10.0 Å². The maximum absolute atomic E-state index is 12.1. The Morgan fingerprint density at radius 1 is 1.36 bits per heavy atom. The second kappa shape index (κ2) is 7.48. The number of sulfonamides is 1. The second-order valence-electron chi connectivity index (χ2n) is 5.56. The zero-order valence-corrected chi connectivity index (χ0v) is 15.1. The molecule has 8 nitrogen and oxygen atoms in total. The molecule has 0 bridgehead atoms. The smallest absolute Gasteiger partial charge is 0.245 e. The third-order valence-electron chi connectivity index (χ3n) is 3.46. The molecule has 1 fully saturated rings. The van der Waals surface area contributed by atoms with E-state index in [1.807, 2.05) is 5.38 Å². The SMILES string of the molecule is CS(=O)(=O)Nc1ccc(-c2csc(NC(=O)C3COCCN3)n2)cc1. The minimum Gasteiger partial charge on any atom is -0.378 e. The summed E-state index contributed by atoms with van der Waals surface area (Å²) in [6, 6.07) is 6.49. The standard InChI is InChI=1S/C15H18N4O4S2/c1-25(21,22)19-11-4-2-10(3-5-11)13-9-24-15(17-13)18-14(20)12-8-23-7-6-16-12/h2-5,9,12,16,19H,6-8H2,1H3,(H,17,18,20). The van der Waals surface area contributed by atoms with Crippen LogP contribution in [0.4, 0.5) is 10.8 Å². The summed E-state index contributed by atoms with van der Waals surface area (Å²) in [4.78, 5) is 16.5. The number of amides is 1. The van der Waals surface area contributed by atoms with Gasteiger partial charge in [-0.3, -0.25) is 9.52 Å². The molecule has 25 heavy (non-hydrogen) atoms. The van der Waals surface area contributed by atoms with Gasteiger partial charge >= 0.3 is 0 Å². The van der Waals surface area contributed by atoms with E-state index in [9.17, 15) is 13.2 Å². The van der Waals surface area contributed by atoms with Gasteiger partial charge in [0.1, 0.15) is 6.04 Å². The van der Waals surface area contributed by atoms with Crippen LogP contribution in [-0.2, 0) is 19.6 Å². The van der Waals surface area contributed by atoms with Crippen molar-refractivity contribution in [3.8, 4) is 11.3 Å². The first-order chi connectivity index (χ1) is 11.9. The lowest BCUT2D eigenvalue weighted by Gasteiger charge is -2.22. The fourth-order valence-electron chi connectivity index (χ4n) is 2.31. The molecule has 134 valence electrons. The number of hydrogen-bond acceptors (Lipinski definition) is 7. The lowest BCUT2D eigenvalue weighted by atomic mass is 10.1. The van der Waals surface area contributed by atoms with Crippen LogP contribution in [0, 0.1) is 0 Å². The largest absolute Gasteiger partial charge is 0.378 e. The van der Waals surface area contributed by atoms with Gasteiger partial charge in [0.25, 0.3) is 0 Å². The molecule has 0 aliphatic carbocycles. The van der Waals surface area contributed by atoms with E-state index in [0.29, 0.717) is 36.3 Å². The molecule has 2 heterocycles. The van der Waals surface area contributed by atoms with E-state index in [1.54, 1.807) is 24.3 Å². The van der Waals surface area contributed by atoms with Gasteiger partial charge in [0, 0.05) is 23.2 Å². The number of nitrogens with one attached hydrogen (secondary N) is 3. The van der Waals surface area contributed by atoms with Crippen molar-refractivity contribution in [1.82, 2.24) is 10.3 Å². The first kappa shape index (κ1) is 17.8. The molecule has 1 saturated heterocycles. The van der Waals surface area contributed by atoms with Crippen molar-refractivity contribution in [3.63, 3.8) is 0 Å². The van der Waals surface area contributed by atoms with Gasteiger partial charge in [-0.05, 0) is 12.1 Å². The van der Waals surface area contributed by atoms with Gasteiger partial charge in [-0.1, -0.05) is 12.1 Å². The van der Waals surface area contributed by atoms with Gasteiger partial charge in [-0.15, -0.1) is 11.3 Å². The van der Waals surface area contributed by atoms with Crippen LogP contribution in [0.3, 0.4) is 0 Å². The monoisotopic (exact) mass is 382 g/mol. The third-order valence-corrected chi connectivity index (χ3v) is 4.82. The van der Waals surface area contributed by atoms with Gasteiger partial charge in [-0.25, -0.2) is 13.4 Å². The Kier molecular flexibility index (Phi) is 5.33. The number of rotatable bonds is 5. The first-order valence-electron chi connectivity index (χ1n) is 7.56. The van der Waals surface area contributed by atoms with E-state index in [1.165, 1.54) is 11.3 Å². The quantitative estimate of drug-likeness (QED) is 0.715. The fraction of sp³-hybridized carbons (Fsp3) is 0.333. The lowest BCUT2D eigenvalue weighted by Crippen LogP contribution is -2.48. The number of benzene rings is 1. The van der Waals surface area contributed by atoms with E-state index in [2.05, 4.69) is 20.3 Å². The summed E-state index contributed by atoms with van der Waals surface area (Å²) in [7, 11) is -3.30. The second-order valence-corrected chi connectivity index (χ2v) is 8.17. The molecule has 1 aromatic heterocycles. The molecule has 3 rings (SSSR count). The number of ether oxygens (including phenoxy) is 1. The van der Waals surface area contributed by atoms with Crippen LogP contribution >= 0.6 is 11.3 Å². The average molecular weight is 382 g/mol. The predicted octanol–water partition coefficient (Wildman–Crippen LogP) is 1.11. The summed E-state index contributed by atoms with van der Waals surface area (Å²) in [5, 5.41) is 8.20. The molecule has 1 unspecified atom stereocenters. The number of carbonyl (C=O) groups excluding carboxylic acids is 1. The number of anilines is 2. The van der Waals surface area contributed by atoms with Crippen LogP contribution < -0.4 is 15.4 Å². The Balaban J connectivity index is 1.65. The van der Waals surface area contributed by atoms with Crippen LogP contribution in [0.25, 0.3) is 11.3 Å². The highest BCUT2D eigenvalue weighted by molar-refractivity contribution is 7.92. The lowest BCUT2D eigenvalue weighted by molar-refractivity contribution is -0.120. The summed E-state index contributed by atoms with van der Waals surface area (Å²) < 4.78 is 30.1.